The second-order valence-electron chi connectivity index (χ2n) is 6.00. The summed E-state index contributed by atoms with van der Waals surface area (Å²) in [7, 11) is 0. The Labute approximate surface area is 140 Å². The molecule has 126 valence electrons. The van der Waals surface area contributed by atoms with Gasteiger partial charge in [-0.15, -0.1) is 5.10 Å². The molecule has 1 aliphatic heterocycles. The second-order valence-corrected chi connectivity index (χ2v) is 6.00. The van der Waals surface area contributed by atoms with Gasteiger partial charge in [0.15, 0.2) is 5.69 Å². The monoisotopic (exact) mass is 327 g/mol. The highest BCUT2D eigenvalue weighted by atomic mass is 16.2. The number of likely N-dealkylation sites (tertiary alicyclic amines) is 1. The van der Waals surface area contributed by atoms with Gasteiger partial charge in [-0.25, -0.2) is 4.68 Å². The molecule has 2 amide bonds. The van der Waals surface area contributed by atoms with Crippen molar-refractivity contribution >= 4 is 11.8 Å². The Kier molecular flexibility index (Phi) is 4.88. The van der Waals surface area contributed by atoms with Crippen molar-refractivity contribution in [3.05, 3.63) is 47.8 Å². The summed E-state index contributed by atoms with van der Waals surface area (Å²) >= 11 is 0. The van der Waals surface area contributed by atoms with Crippen LogP contribution in [-0.4, -0.2) is 44.3 Å². The fraction of sp³-hybridized carbons (Fsp3) is 0.412. The van der Waals surface area contributed by atoms with E-state index in [4.69, 9.17) is 0 Å². The largest absolute Gasteiger partial charge is 0.347 e. The van der Waals surface area contributed by atoms with Crippen LogP contribution in [0.25, 0.3) is 0 Å². The standard InChI is InChI=1S/C17H21N5O2/c1-13(23)22-9-5-8-15(22)11-21-12-16(19-20-21)17(24)18-10-14-6-3-2-4-7-14/h2-4,6-7,12,15H,5,8-11H2,1H3,(H,18,24). The predicted molar refractivity (Wildman–Crippen MR) is 88.0 cm³/mol. The van der Waals surface area contributed by atoms with Crippen LogP contribution >= 0.6 is 0 Å². The highest BCUT2D eigenvalue weighted by Crippen LogP contribution is 2.18. The number of hydrogen-bond acceptors (Lipinski definition) is 4. The maximum Gasteiger partial charge on any atom is 0.273 e. The normalized spacial score (nSPS) is 17.0. The van der Waals surface area contributed by atoms with Gasteiger partial charge in [0.05, 0.1) is 18.8 Å². The van der Waals surface area contributed by atoms with Gasteiger partial charge in [0, 0.05) is 20.0 Å². The van der Waals surface area contributed by atoms with Crippen molar-refractivity contribution in [1.29, 1.82) is 0 Å². The Morgan fingerprint density at radius 3 is 2.83 bits per heavy atom. The van der Waals surface area contributed by atoms with Gasteiger partial charge in [0.2, 0.25) is 5.91 Å². The Balaban J connectivity index is 1.57. The van der Waals surface area contributed by atoms with E-state index in [-0.39, 0.29) is 17.9 Å². The second kappa shape index (κ2) is 7.25. The van der Waals surface area contributed by atoms with Gasteiger partial charge >= 0.3 is 0 Å². The van der Waals surface area contributed by atoms with Crippen LogP contribution < -0.4 is 5.32 Å². The molecule has 0 aliphatic carbocycles. The zero-order chi connectivity index (χ0) is 16.9. The zero-order valence-corrected chi connectivity index (χ0v) is 13.7. The van der Waals surface area contributed by atoms with Gasteiger partial charge in [0.1, 0.15) is 0 Å². The van der Waals surface area contributed by atoms with Crippen LogP contribution in [0.15, 0.2) is 36.5 Å². The summed E-state index contributed by atoms with van der Waals surface area (Å²) in [6.45, 7) is 3.40. The molecular formula is C17H21N5O2. The molecule has 24 heavy (non-hydrogen) atoms. The van der Waals surface area contributed by atoms with E-state index in [0.29, 0.717) is 18.8 Å². The Morgan fingerprint density at radius 1 is 1.29 bits per heavy atom. The molecule has 7 nitrogen and oxygen atoms in total. The lowest BCUT2D eigenvalue weighted by Crippen LogP contribution is -2.36. The van der Waals surface area contributed by atoms with E-state index in [1.165, 1.54) is 0 Å². The zero-order valence-electron chi connectivity index (χ0n) is 13.7. The lowest BCUT2D eigenvalue weighted by molar-refractivity contribution is -0.129. The maximum absolute atomic E-state index is 12.1. The minimum Gasteiger partial charge on any atom is -0.347 e. The van der Waals surface area contributed by atoms with Gasteiger partial charge in [0.25, 0.3) is 5.91 Å². The van der Waals surface area contributed by atoms with E-state index < -0.39 is 0 Å². The molecule has 2 heterocycles. The molecule has 1 saturated heterocycles. The average Bonchev–Trinajstić information content (AvgIpc) is 3.23. The first-order valence-electron chi connectivity index (χ1n) is 8.13. The minimum atomic E-state index is -0.250. The summed E-state index contributed by atoms with van der Waals surface area (Å²) in [6, 6.07) is 9.83. The number of hydrogen-bond donors (Lipinski definition) is 1. The summed E-state index contributed by atoms with van der Waals surface area (Å²) in [5, 5.41) is 10.8. The van der Waals surface area contributed by atoms with Crippen molar-refractivity contribution in [3.63, 3.8) is 0 Å². The van der Waals surface area contributed by atoms with E-state index in [1.54, 1.807) is 17.8 Å². The Hall–Kier alpha value is -2.70. The maximum atomic E-state index is 12.1. The first-order valence-corrected chi connectivity index (χ1v) is 8.13. The lowest BCUT2D eigenvalue weighted by atomic mass is 10.2. The first-order chi connectivity index (χ1) is 11.6. The molecule has 1 aliphatic rings. The summed E-state index contributed by atoms with van der Waals surface area (Å²) < 4.78 is 1.64. The summed E-state index contributed by atoms with van der Waals surface area (Å²) in [5.41, 5.74) is 1.32. The first kappa shape index (κ1) is 16.2. The van der Waals surface area contributed by atoms with Crippen LogP contribution in [0.5, 0.6) is 0 Å². The molecule has 0 bridgehead atoms. The number of carbonyl (C=O) groups excluding carboxylic acids is 2. The minimum absolute atomic E-state index is 0.0819. The van der Waals surface area contributed by atoms with Gasteiger partial charge in [-0.2, -0.15) is 0 Å². The molecule has 3 rings (SSSR count). The molecule has 0 spiro atoms. The number of aromatic nitrogens is 3. The van der Waals surface area contributed by atoms with E-state index in [0.717, 1.165) is 24.9 Å². The van der Waals surface area contributed by atoms with Crippen molar-refractivity contribution < 1.29 is 9.59 Å². The van der Waals surface area contributed by atoms with E-state index in [1.807, 2.05) is 35.2 Å². The Bertz CT molecular complexity index is 713. The number of nitrogens with one attached hydrogen (secondary N) is 1. The van der Waals surface area contributed by atoms with Crippen molar-refractivity contribution in [2.45, 2.75) is 38.9 Å². The number of rotatable bonds is 5. The molecular weight excluding hydrogens is 306 g/mol. The van der Waals surface area contributed by atoms with Gasteiger partial charge in [-0.05, 0) is 18.4 Å². The number of amides is 2. The molecule has 0 saturated carbocycles. The van der Waals surface area contributed by atoms with Crippen LogP contribution in [0.2, 0.25) is 0 Å². The molecule has 1 aromatic heterocycles. The fourth-order valence-electron chi connectivity index (χ4n) is 3.02. The molecule has 1 atom stereocenters. The topological polar surface area (TPSA) is 80.1 Å². The Morgan fingerprint density at radius 2 is 2.08 bits per heavy atom. The van der Waals surface area contributed by atoms with Crippen LogP contribution in [0.1, 0.15) is 35.8 Å². The van der Waals surface area contributed by atoms with Crippen LogP contribution in [0, 0.1) is 0 Å². The molecule has 1 N–H and O–H groups in total. The van der Waals surface area contributed by atoms with E-state index in [2.05, 4.69) is 15.6 Å². The number of benzene rings is 1. The summed E-state index contributed by atoms with van der Waals surface area (Å²) in [5.74, 6) is -0.168. The third kappa shape index (κ3) is 3.79. The van der Waals surface area contributed by atoms with Crippen molar-refractivity contribution in [2.75, 3.05) is 6.54 Å². The van der Waals surface area contributed by atoms with Crippen molar-refractivity contribution in [3.8, 4) is 0 Å². The molecule has 2 aromatic rings. The van der Waals surface area contributed by atoms with E-state index >= 15 is 0 Å². The highest BCUT2D eigenvalue weighted by Gasteiger charge is 2.27. The summed E-state index contributed by atoms with van der Waals surface area (Å²) in [6.07, 6.45) is 3.59. The van der Waals surface area contributed by atoms with Crippen molar-refractivity contribution in [1.82, 2.24) is 25.2 Å². The fourth-order valence-corrected chi connectivity index (χ4v) is 3.02. The van der Waals surface area contributed by atoms with E-state index in [9.17, 15) is 9.59 Å². The number of carbonyl (C=O) groups is 2. The lowest BCUT2D eigenvalue weighted by Gasteiger charge is -2.22. The highest BCUT2D eigenvalue weighted by molar-refractivity contribution is 5.91. The van der Waals surface area contributed by atoms with Crippen LogP contribution in [0.3, 0.4) is 0 Å². The molecule has 7 heteroatoms. The molecule has 1 unspecified atom stereocenters. The average molecular weight is 327 g/mol. The molecule has 1 aromatic carbocycles. The quantitative estimate of drug-likeness (QED) is 0.895. The van der Waals surface area contributed by atoms with Gasteiger partial charge < -0.3 is 10.2 Å². The number of nitrogens with zero attached hydrogens (tertiary/aromatic N) is 4. The van der Waals surface area contributed by atoms with Crippen LogP contribution in [-0.2, 0) is 17.9 Å². The predicted octanol–water partition coefficient (Wildman–Crippen LogP) is 1.22. The molecule has 1 fully saturated rings. The van der Waals surface area contributed by atoms with Crippen LogP contribution in [0.4, 0.5) is 0 Å². The molecule has 0 radical (unpaired) electrons. The van der Waals surface area contributed by atoms with Gasteiger partial charge in [-0.1, -0.05) is 35.5 Å². The smallest absolute Gasteiger partial charge is 0.273 e. The summed E-state index contributed by atoms with van der Waals surface area (Å²) in [4.78, 5) is 25.6. The third-order valence-electron chi connectivity index (χ3n) is 4.25. The third-order valence-corrected chi connectivity index (χ3v) is 4.25. The van der Waals surface area contributed by atoms with Gasteiger partial charge in [-0.3, -0.25) is 9.59 Å². The SMILES string of the molecule is CC(=O)N1CCCC1Cn1cc(C(=O)NCc2ccccc2)nn1. The van der Waals surface area contributed by atoms with Crippen molar-refractivity contribution in [2.24, 2.45) is 0 Å².